The number of nitrogens with zero attached hydrogens (tertiary/aromatic N) is 3. The zero-order valence-electron chi connectivity index (χ0n) is 11.1. The molecule has 0 aliphatic carbocycles. The average Bonchev–Trinajstić information content (AvgIpc) is 2.52. The highest BCUT2D eigenvalue weighted by Crippen LogP contribution is 2.25. The molecule has 0 unspecified atom stereocenters. The van der Waals surface area contributed by atoms with Crippen LogP contribution < -0.4 is 11.1 Å². The normalized spacial score (nSPS) is 10.5. The molecule has 0 aliphatic rings. The van der Waals surface area contributed by atoms with Gasteiger partial charge in [-0.15, -0.1) is 0 Å². The lowest BCUT2D eigenvalue weighted by Gasteiger charge is -2.09. The quantitative estimate of drug-likeness (QED) is 0.676. The molecule has 0 saturated carbocycles. The smallest absolute Gasteiger partial charge is 0.315 e. The highest BCUT2D eigenvalue weighted by Gasteiger charge is 2.10. The molecule has 0 amide bonds. The summed E-state index contributed by atoms with van der Waals surface area (Å²) in [5, 5.41) is 8.83. The fourth-order valence-electron chi connectivity index (χ4n) is 2.27. The number of rotatable bonds is 1. The summed E-state index contributed by atoms with van der Waals surface area (Å²) >= 11 is 0. The second-order valence-electron chi connectivity index (χ2n) is 4.59. The molecule has 3 aromatic rings. The van der Waals surface area contributed by atoms with E-state index in [1.807, 2.05) is 0 Å². The lowest BCUT2D eigenvalue weighted by molar-refractivity contribution is 0.873. The van der Waals surface area contributed by atoms with Gasteiger partial charge in [0, 0.05) is 18.8 Å². The van der Waals surface area contributed by atoms with E-state index in [9.17, 15) is 9.59 Å². The lowest BCUT2D eigenvalue weighted by Crippen LogP contribution is -2.35. The second kappa shape index (κ2) is 4.72. The van der Waals surface area contributed by atoms with Crippen LogP contribution in [0.2, 0.25) is 0 Å². The van der Waals surface area contributed by atoms with Crippen LogP contribution in [0.25, 0.3) is 22.2 Å². The molecule has 0 spiro atoms. The van der Waals surface area contributed by atoms with E-state index in [0.29, 0.717) is 22.2 Å². The molecular weight excluding hydrogens is 268 g/mol. The maximum Gasteiger partial charge on any atom is 0.316 e. The van der Waals surface area contributed by atoms with E-state index in [2.05, 4.69) is 16.0 Å². The van der Waals surface area contributed by atoms with Crippen molar-refractivity contribution < 1.29 is 0 Å². The van der Waals surface area contributed by atoms with Crippen molar-refractivity contribution in [2.45, 2.75) is 0 Å². The van der Waals surface area contributed by atoms with Gasteiger partial charge in [-0.2, -0.15) is 5.26 Å². The SMILES string of the molecule is Cn1c(=O)c(=O)[nH]c2cncc(-c3ccc(C#N)cc3)c21. The zero-order valence-corrected chi connectivity index (χ0v) is 11.1. The third kappa shape index (κ3) is 2.01. The number of hydrogen-bond donors (Lipinski definition) is 1. The van der Waals surface area contributed by atoms with Crippen molar-refractivity contribution in [2.75, 3.05) is 0 Å². The van der Waals surface area contributed by atoms with Gasteiger partial charge >= 0.3 is 11.1 Å². The summed E-state index contributed by atoms with van der Waals surface area (Å²) < 4.78 is 1.31. The molecule has 102 valence electrons. The number of H-pyrrole nitrogens is 1. The van der Waals surface area contributed by atoms with Gasteiger partial charge in [-0.3, -0.25) is 14.6 Å². The van der Waals surface area contributed by atoms with E-state index < -0.39 is 11.1 Å². The first-order valence-corrected chi connectivity index (χ1v) is 6.19. The van der Waals surface area contributed by atoms with Crippen LogP contribution in [0.4, 0.5) is 0 Å². The summed E-state index contributed by atoms with van der Waals surface area (Å²) in [4.78, 5) is 30.0. The third-order valence-corrected chi connectivity index (χ3v) is 3.33. The van der Waals surface area contributed by atoms with Crippen LogP contribution in [0.1, 0.15) is 5.56 Å². The first-order chi connectivity index (χ1) is 10.1. The summed E-state index contributed by atoms with van der Waals surface area (Å²) in [5.41, 5.74) is 1.87. The Balaban J connectivity index is 2.38. The molecule has 6 heteroatoms. The number of aromatic amines is 1. The van der Waals surface area contributed by atoms with Crippen molar-refractivity contribution >= 4 is 11.0 Å². The van der Waals surface area contributed by atoms with Crippen LogP contribution in [-0.2, 0) is 7.05 Å². The van der Waals surface area contributed by atoms with Gasteiger partial charge in [0.2, 0.25) is 0 Å². The average molecular weight is 278 g/mol. The zero-order chi connectivity index (χ0) is 15.0. The maximum absolute atomic E-state index is 11.8. The third-order valence-electron chi connectivity index (χ3n) is 3.33. The Bertz CT molecular complexity index is 991. The van der Waals surface area contributed by atoms with Gasteiger partial charge in [0.15, 0.2) is 0 Å². The Morgan fingerprint density at radius 1 is 1.19 bits per heavy atom. The molecule has 0 fully saturated rings. The van der Waals surface area contributed by atoms with Crippen LogP contribution in [-0.4, -0.2) is 14.5 Å². The van der Waals surface area contributed by atoms with E-state index >= 15 is 0 Å². The summed E-state index contributed by atoms with van der Waals surface area (Å²) in [6.45, 7) is 0. The van der Waals surface area contributed by atoms with Crippen molar-refractivity contribution in [1.82, 2.24) is 14.5 Å². The van der Waals surface area contributed by atoms with Gasteiger partial charge in [0.1, 0.15) is 0 Å². The predicted molar refractivity (Wildman–Crippen MR) is 77.8 cm³/mol. The predicted octanol–water partition coefficient (Wildman–Crippen LogP) is 1.16. The number of aromatic nitrogens is 3. The standard InChI is InChI=1S/C15H10N4O2/c1-19-13-11(10-4-2-9(6-16)3-5-10)7-17-8-12(13)18-14(20)15(19)21/h2-5,7-8H,1H3,(H,18,20). The fourth-order valence-corrected chi connectivity index (χ4v) is 2.27. The molecule has 1 N–H and O–H groups in total. The minimum Gasteiger partial charge on any atom is -0.315 e. The number of nitriles is 1. The highest BCUT2D eigenvalue weighted by atomic mass is 16.2. The van der Waals surface area contributed by atoms with Crippen molar-refractivity contribution in [3.8, 4) is 17.2 Å². The molecule has 1 aromatic carbocycles. The monoisotopic (exact) mass is 278 g/mol. The van der Waals surface area contributed by atoms with Crippen LogP contribution >= 0.6 is 0 Å². The van der Waals surface area contributed by atoms with Crippen LogP contribution in [0, 0.1) is 11.3 Å². The molecule has 0 saturated heterocycles. The fraction of sp³-hybridized carbons (Fsp3) is 0.0667. The Kier molecular flexibility index (Phi) is 2.88. The number of fused-ring (bicyclic) bond motifs is 1. The molecule has 0 aliphatic heterocycles. The van der Waals surface area contributed by atoms with E-state index in [4.69, 9.17) is 5.26 Å². The van der Waals surface area contributed by atoms with E-state index in [1.165, 1.54) is 10.8 Å². The van der Waals surface area contributed by atoms with Crippen molar-refractivity contribution in [3.05, 3.63) is 62.9 Å². The molecule has 0 bridgehead atoms. The van der Waals surface area contributed by atoms with Gasteiger partial charge in [-0.1, -0.05) is 12.1 Å². The summed E-state index contributed by atoms with van der Waals surface area (Å²) in [5.74, 6) is 0. The molecule has 0 radical (unpaired) electrons. The minimum absolute atomic E-state index is 0.490. The highest BCUT2D eigenvalue weighted by molar-refractivity contribution is 5.90. The van der Waals surface area contributed by atoms with Gasteiger partial charge in [0.25, 0.3) is 0 Å². The van der Waals surface area contributed by atoms with Crippen molar-refractivity contribution in [1.29, 1.82) is 5.26 Å². The first-order valence-electron chi connectivity index (χ1n) is 6.19. The molecular formula is C15H10N4O2. The molecule has 2 aromatic heterocycles. The number of hydrogen-bond acceptors (Lipinski definition) is 4. The summed E-state index contributed by atoms with van der Waals surface area (Å²) in [7, 11) is 1.55. The lowest BCUT2D eigenvalue weighted by atomic mass is 10.0. The molecule has 21 heavy (non-hydrogen) atoms. The second-order valence-corrected chi connectivity index (χ2v) is 4.59. The summed E-state index contributed by atoms with van der Waals surface area (Å²) in [6.07, 6.45) is 3.13. The van der Waals surface area contributed by atoms with Gasteiger partial charge in [-0.25, -0.2) is 0 Å². The van der Waals surface area contributed by atoms with Crippen molar-refractivity contribution in [3.63, 3.8) is 0 Å². The van der Waals surface area contributed by atoms with Crippen LogP contribution in [0.3, 0.4) is 0 Å². The maximum atomic E-state index is 11.8. The van der Waals surface area contributed by atoms with Crippen molar-refractivity contribution in [2.24, 2.45) is 7.05 Å². The molecule has 6 nitrogen and oxygen atoms in total. The minimum atomic E-state index is -0.677. The number of benzene rings is 1. The Hall–Kier alpha value is -3.20. The molecule has 3 rings (SSSR count). The number of aryl methyl sites for hydroxylation is 1. The van der Waals surface area contributed by atoms with Gasteiger partial charge < -0.3 is 9.55 Å². The molecule has 0 atom stereocenters. The number of pyridine rings is 1. The summed E-state index contributed by atoms with van der Waals surface area (Å²) in [6, 6.07) is 9.00. The van der Waals surface area contributed by atoms with E-state index in [-0.39, 0.29) is 0 Å². The molecule has 2 heterocycles. The van der Waals surface area contributed by atoms with E-state index in [0.717, 1.165) is 5.56 Å². The topological polar surface area (TPSA) is 91.5 Å². The Morgan fingerprint density at radius 2 is 1.90 bits per heavy atom. The first kappa shape index (κ1) is 12.8. The number of nitrogens with one attached hydrogen (secondary N) is 1. The van der Waals surface area contributed by atoms with Gasteiger partial charge in [-0.05, 0) is 17.7 Å². The van der Waals surface area contributed by atoms with Gasteiger partial charge in [0.05, 0.1) is 28.9 Å². The van der Waals surface area contributed by atoms with E-state index in [1.54, 1.807) is 37.5 Å². The van der Waals surface area contributed by atoms with Crippen LogP contribution in [0.15, 0.2) is 46.2 Å². The van der Waals surface area contributed by atoms with Crippen LogP contribution in [0.5, 0.6) is 0 Å². The largest absolute Gasteiger partial charge is 0.316 e. The Morgan fingerprint density at radius 3 is 2.57 bits per heavy atom. The Labute approximate surface area is 118 Å².